The standard InChI is InChI=1S/C32H30Cl2FN3O4S/c1-22-8-16-28(17-9-22)43(41,42)38(27-14-12-26(35)13-15-27)21-31(39)37(20-24-10-11-25(33)19-29(24)34)30(32(40)36-2)18-23-6-4-3-5-7-23/h3-17,19,30H,18,20-21H2,1-2H3,(H,36,40)/t30-/m0/s1. The number of benzene rings is 4. The van der Waals surface area contributed by atoms with Crippen LogP contribution in [0.5, 0.6) is 0 Å². The van der Waals surface area contributed by atoms with Gasteiger partial charge in [0.25, 0.3) is 10.0 Å². The van der Waals surface area contributed by atoms with E-state index < -0.39 is 40.2 Å². The lowest BCUT2D eigenvalue weighted by Crippen LogP contribution is -2.53. The number of hydrogen-bond acceptors (Lipinski definition) is 4. The van der Waals surface area contributed by atoms with Crippen LogP contribution in [0, 0.1) is 12.7 Å². The van der Waals surface area contributed by atoms with Crippen LogP contribution in [-0.4, -0.2) is 44.8 Å². The first-order valence-electron chi connectivity index (χ1n) is 13.3. The summed E-state index contributed by atoms with van der Waals surface area (Å²) < 4.78 is 42.6. The van der Waals surface area contributed by atoms with Gasteiger partial charge in [-0.1, -0.05) is 77.3 Å². The summed E-state index contributed by atoms with van der Waals surface area (Å²) in [6.07, 6.45) is 0.152. The highest BCUT2D eigenvalue weighted by Crippen LogP contribution is 2.27. The molecule has 224 valence electrons. The van der Waals surface area contributed by atoms with Crippen LogP contribution in [0.2, 0.25) is 10.0 Å². The lowest BCUT2D eigenvalue weighted by molar-refractivity contribution is -0.139. The highest BCUT2D eigenvalue weighted by molar-refractivity contribution is 7.92. The number of nitrogens with zero attached hydrogens (tertiary/aromatic N) is 2. The van der Waals surface area contributed by atoms with Crippen molar-refractivity contribution in [2.75, 3.05) is 17.9 Å². The largest absolute Gasteiger partial charge is 0.357 e. The molecule has 0 aliphatic heterocycles. The van der Waals surface area contributed by atoms with Gasteiger partial charge in [0, 0.05) is 30.1 Å². The maximum Gasteiger partial charge on any atom is 0.264 e. The molecule has 0 bridgehead atoms. The lowest BCUT2D eigenvalue weighted by Gasteiger charge is -2.33. The Labute approximate surface area is 260 Å². The first-order valence-corrected chi connectivity index (χ1v) is 15.5. The molecule has 0 aliphatic carbocycles. The van der Waals surface area contributed by atoms with Gasteiger partial charge in [-0.05, 0) is 66.6 Å². The zero-order valence-electron chi connectivity index (χ0n) is 23.5. The summed E-state index contributed by atoms with van der Waals surface area (Å²) >= 11 is 12.6. The van der Waals surface area contributed by atoms with Gasteiger partial charge in [0.15, 0.2) is 0 Å². The van der Waals surface area contributed by atoms with E-state index in [0.29, 0.717) is 10.6 Å². The topological polar surface area (TPSA) is 86.8 Å². The van der Waals surface area contributed by atoms with E-state index in [-0.39, 0.29) is 28.6 Å². The Hall–Kier alpha value is -3.92. The average Bonchev–Trinajstić information content (AvgIpc) is 2.99. The molecule has 2 amide bonds. The van der Waals surface area contributed by atoms with Crippen molar-refractivity contribution in [1.82, 2.24) is 10.2 Å². The third-order valence-corrected chi connectivity index (χ3v) is 9.25. The number of sulfonamides is 1. The molecule has 0 heterocycles. The lowest BCUT2D eigenvalue weighted by atomic mass is 10.0. The first kappa shape index (κ1) is 32.0. The second-order valence-corrected chi connectivity index (χ2v) is 12.6. The number of aryl methyl sites for hydroxylation is 1. The van der Waals surface area contributed by atoms with Gasteiger partial charge < -0.3 is 10.2 Å². The summed E-state index contributed by atoms with van der Waals surface area (Å²) in [5.41, 5.74) is 2.23. The normalized spacial score (nSPS) is 11.9. The van der Waals surface area contributed by atoms with Gasteiger partial charge in [0.05, 0.1) is 10.6 Å². The van der Waals surface area contributed by atoms with E-state index in [1.165, 1.54) is 42.3 Å². The van der Waals surface area contributed by atoms with E-state index in [4.69, 9.17) is 23.2 Å². The Bertz CT molecular complexity index is 1690. The van der Waals surface area contributed by atoms with Crippen LogP contribution < -0.4 is 9.62 Å². The van der Waals surface area contributed by atoms with Crippen LogP contribution >= 0.6 is 23.2 Å². The number of rotatable bonds is 11. The van der Waals surface area contributed by atoms with Gasteiger partial charge in [-0.2, -0.15) is 0 Å². The maximum absolute atomic E-state index is 14.3. The van der Waals surface area contributed by atoms with Crippen molar-refractivity contribution in [3.8, 4) is 0 Å². The van der Waals surface area contributed by atoms with Crippen molar-refractivity contribution in [3.05, 3.63) is 130 Å². The summed E-state index contributed by atoms with van der Waals surface area (Å²) in [6.45, 7) is 1.04. The first-order chi connectivity index (χ1) is 20.5. The van der Waals surface area contributed by atoms with Gasteiger partial charge in [-0.3, -0.25) is 13.9 Å². The van der Waals surface area contributed by atoms with Crippen molar-refractivity contribution in [2.45, 2.75) is 30.8 Å². The summed E-state index contributed by atoms with van der Waals surface area (Å²) in [6, 6.07) is 23.9. The molecule has 11 heteroatoms. The Balaban J connectivity index is 1.80. The molecule has 0 radical (unpaired) electrons. The fraction of sp³-hybridized carbons (Fsp3) is 0.188. The van der Waals surface area contributed by atoms with E-state index in [0.717, 1.165) is 27.6 Å². The summed E-state index contributed by atoms with van der Waals surface area (Å²) in [5, 5.41) is 3.30. The average molecular weight is 643 g/mol. The Kier molecular flexibility index (Phi) is 10.4. The third-order valence-electron chi connectivity index (χ3n) is 6.88. The number of anilines is 1. The molecule has 0 saturated carbocycles. The summed E-state index contributed by atoms with van der Waals surface area (Å²) in [7, 11) is -2.83. The van der Waals surface area contributed by atoms with Crippen LogP contribution in [0.15, 0.2) is 102 Å². The molecule has 0 aliphatic rings. The van der Waals surface area contributed by atoms with Crippen LogP contribution in [-0.2, 0) is 32.6 Å². The molecule has 4 aromatic carbocycles. The van der Waals surface area contributed by atoms with E-state index in [1.54, 1.807) is 24.3 Å². The number of nitrogens with one attached hydrogen (secondary N) is 1. The molecule has 1 atom stereocenters. The zero-order chi connectivity index (χ0) is 31.1. The molecule has 0 aromatic heterocycles. The maximum atomic E-state index is 14.3. The zero-order valence-corrected chi connectivity index (χ0v) is 25.8. The van der Waals surface area contributed by atoms with Crippen LogP contribution in [0.1, 0.15) is 16.7 Å². The van der Waals surface area contributed by atoms with Gasteiger partial charge in [-0.15, -0.1) is 0 Å². The van der Waals surface area contributed by atoms with Crippen LogP contribution in [0.4, 0.5) is 10.1 Å². The van der Waals surface area contributed by atoms with Crippen LogP contribution in [0.3, 0.4) is 0 Å². The van der Waals surface area contributed by atoms with E-state index in [9.17, 15) is 22.4 Å². The molecule has 0 fully saturated rings. The molecular weight excluding hydrogens is 612 g/mol. The van der Waals surface area contributed by atoms with Crippen molar-refractivity contribution < 1.29 is 22.4 Å². The number of likely N-dealkylation sites (N-methyl/N-ethyl adjacent to an activating group) is 1. The van der Waals surface area contributed by atoms with Gasteiger partial charge in [0.1, 0.15) is 18.4 Å². The monoisotopic (exact) mass is 641 g/mol. The second kappa shape index (κ2) is 14.0. The SMILES string of the molecule is CNC(=O)[C@H](Cc1ccccc1)N(Cc1ccc(Cl)cc1Cl)C(=O)CN(c1ccc(F)cc1)S(=O)(=O)c1ccc(C)cc1. The van der Waals surface area contributed by atoms with Crippen molar-refractivity contribution in [1.29, 1.82) is 0 Å². The second-order valence-electron chi connectivity index (χ2n) is 9.88. The van der Waals surface area contributed by atoms with E-state index in [1.807, 2.05) is 37.3 Å². The molecule has 0 unspecified atom stereocenters. The summed E-state index contributed by atoms with van der Waals surface area (Å²) in [4.78, 5) is 28.8. The molecule has 0 saturated heterocycles. The van der Waals surface area contributed by atoms with Crippen molar-refractivity contribution in [2.24, 2.45) is 0 Å². The number of carbonyl (C=O) groups is 2. The minimum Gasteiger partial charge on any atom is -0.357 e. The van der Waals surface area contributed by atoms with E-state index >= 15 is 0 Å². The molecule has 43 heavy (non-hydrogen) atoms. The Morgan fingerprint density at radius 1 is 0.907 bits per heavy atom. The molecule has 4 aromatic rings. The van der Waals surface area contributed by atoms with E-state index in [2.05, 4.69) is 5.32 Å². The smallest absolute Gasteiger partial charge is 0.264 e. The van der Waals surface area contributed by atoms with Gasteiger partial charge in [-0.25, -0.2) is 12.8 Å². The number of amides is 2. The molecular formula is C32H30Cl2FN3O4S. The number of carbonyl (C=O) groups excluding carboxylic acids is 2. The number of hydrogen-bond donors (Lipinski definition) is 1. The van der Waals surface area contributed by atoms with Crippen LogP contribution in [0.25, 0.3) is 0 Å². The highest BCUT2D eigenvalue weighted by atomic mass is 35.5. The molecule has 4 rings (SSSR count). The highest BCUT2D eigenvalue weighted by Gasteiger charge is 2.34. The third kappa shape index (κ3) is 7.93. The predicted octanol–water partition coefficient (Wildman–Crippen LogP) is 6.02. The Morgan fingerprint density at radius 3 is 2.16 bits per heavy atom. The molecule has 0 spiro atoms. The molecule has 1 N–H and O–H groups in total. The molecule has 7 nitrogen and oxygen atoms in total. The summed E-state index contributed by atoms with van der Waals surface area (Å²) in [5.74, 6) is -1.68. The van der Waals surface area contributed by atoms with Gasteiger partial charge >= 0.3 is 0 Å². The fourth-order valence-corrected chi connectivity index (χ4v) is 6.41. The number of halogens is 3. The minimum absolute atomic E-state index is 0.0466. The minimum atomic E-state index is -4.29. The predicted molar refractivity (Wildman–Crippen MR) is 167 cm³/mol. The Morgan fingerprint density at radius 2 is 1.56 bits per heavy atom. The quantitative estimate of drug-likeness (QED) is 0.217. The fourth-order valence-electron chi connectivity index (χ4n) is 4.53. The van der Waals surface area contributed by atoms with Gasteiger partial charge in [0.2, 0.25) is 11.8 Å². The van der Waals surface area contributed by atoms with Crippen molar-refractivity contribution >= 4 is 50.7 Å². The van der Waals surface area contributed by atoms with Crippen molar-refractivity contribution in [3.63, 3.8) is 0 Å².